The minimum Gasteiger partial charge on any atom is -0.481 e. The maximum Gasteiger partial charge on any atom is 0.306 e. The number of rotatable bonds is 7. The first-order chi connectivity index (χ1) is 14.1. The molecule has 2 N–H and O–H groups in total. The number of carbonyl (C=O) groups is 1. The smallest absolute Gasteiger partial charge is 0.306 e. The number of benzene rings is 1. The van der Waals surface area contributed by atoms with Crippen molar-refractivity contribution in [1.82, 2.24) is 14.9 Å². The fraction of sp³-hybridized carbons (Fsp3) is 0.500. The summed E-state index contributed by atoms with van der Waals surface area (Å²) >= 11 is 1.66. The second-order valence-corrected chi connectivity index (χ2v) is 9.15. The maximum atomic E-state index is 11.0. The lowest BCUT2D eigenvalue weighted by atomic mass is 9.89. The van der Waals surface area contributed by atoms with E-state index >= 15 is 0 Å². The zero-order valence-corrected chi connectivity index (χ0v) is 17.6. The van der Waals surface area contributed by atoms with Crippen molar-refractivity contribution in [3.05, 3.63) is 36.2 Å². The molecular formula is C22H28N4O2S. The summed E-state index contributed by atoms with van der Waals surface area (Å²) in [5, 5.41) is 13.4. The quantitative estimate of drug-likeness (QED) is 0.594. The number of nitrogens with zero attached hydrogens (tertiary/aromatic N) is 3. The minimum absolute atomic E-state index is 0.221. The van der Waals surface area contributed by atoms with Gasteiger partial charge in [-0.05, 0) is 68.8 Å². The number of carboxylic acids is 1. The second kappa shape index (κ2) is 9.13. The third kappa shape index (κ3) is 5.08. The zero-order valence-electron chi connectivity index (χ0n) is 16.8. The second-order valence-electron chi connectivity index (χ2n) is 8.12. The number of nitrogens with one attached hydrogen (secondary N) is 1. The molecule has 0 saturated carbocycles. The van der Waals surface area contributed by atoms with Crippen LogP contribution in [0, 0.1) is 11.8 Å². The zero-order chi connectivity index (χ0) is 20.2. The first-order valence-corrected chi connectivity index (χ1v) is 11.2. The molecule has 0 spiro atoms. The van der Waals surface area contributed by atoms with E-state index in [1.165, 1.54) is 23.3 Å². The van der Waals surface area contributed by atoms with Crippen molar-refractivity contribution in [2.75, 3.05) is 25.0 Å². The van der Waals surface area contributed by atoms with Crippen LogP contribution in [-0.4, -0.2) is 45.6 Å². The molecule has 0 bridgehead atoms. The Bertz CT molecular complexity index is 868. The van der Waals surface area contributed by atoms with E-state index in [-0.39, 0.29) is 5.92 Å². The molecule has 1 atom stereocenters. The molecule has 1 saturated heterocycles. The largest absolute Gasteiger partial charge is 0.481 e. The van der Waals surface area contributed by atoms with Crippen LogP contribution in [0.25, 0.3) is 0 Å². The Morgan fingerprint density at radius 2 is 2.10 bits per heavy atom. The van der Waals surface area contributed by atoms with Crippen LogP contribution >= 0.6 is 11.8 Å². The molecule has 3 heterocycles. The van der Waals surface area contributed by atoms with Gasteiger partial charge in [-0.3, -0.25) is 4.79 Å². The van der Waals surface area contributed by atoms with Gasteiger partial charge in [0.2, 0.25) is 0 Å². The number of hydrogen-bond acceptors (Lipinski definition) is 6. The van der Waals surface area contributed by atoms with Gasteiger partial charge in [-0.25, -0.2) is 9.97 Å². The Labute approximate surface area is 176 Å². The molecule has 154 valence electrons. The van der Waals surface area contributed by atoms with Crippen molar-refractivity contribution in [1.29, 1.82) is 0 Å². The molecule has 2 aliphatic heterocycles. The Kier molecular flexibility index (Phi) is 6.35. The van der Waals surface area contributed by atoms with Crippen LogP contribution in [0.2, 0.25) is 0 Å². The Morgan fingerprint density at radius 3 is 2.90 bits per heavy atom. The Morgan fingerprint density at radius 1 is 1.31 bits per heavy atom. The number of fused-ring (bicyclic) bond motifs is 2. The average molecular weight is 413 g/mol. The number of aromatic nitrogens is 2. The first-order valence-electron chi connectivity index (χ1n) is 10.4. The molecule has 1 aromatic carbocycles. The fourth-order valence-corrected chi connectivity index (χ4v) is 4.91. The van der Waals surface area contributed by atoms with E-state index in [0.29, 0.717) is 5.92 Å². The van der Waals surface area contributed by atoms with Crippen molar-refractivity contribution >= 4 is 29.2 Å². The summed E-state index contributed by atoms with van der Waals surface area (Å²) in [6, 6.07) is 6.63. The predicted octanol–water partition coefficient (Wildman–Crippen LogP) is 4.44. The van der Waals surface area contributed by atoms with Gasteiger partial charge >= 0.3 is 5.97 Å². The number of aliphatic carboxylic acids is 1. The topological polar surface area (TPSA) is 78.3 Å². The number of carboxylic acid groups (broad SMARTS) is 1. The van der Waals surface area contributed by atoms with Gasteiger partial charge in [0.05, 0.1) is 11.6 Å². The molecule has 0 amide bonds. The highest BCUT2D eigenvalue weighted by molar-refractivity contribution is 7.99. The van der Waals surface area contributed by atoms with E-state index in [2.05, 4.69) is 38.4 Å². The molecule has 2 aromatic rings. The molecule has 2 aliphatic rings. The van der Waals surface area contributed by atoms with E-state index in [9.17, 15) is 4.79 Å². The lowest BCUT2D eigenvalue weighted by molar-refractivity contribution is -0.141. The minimum atomic E-state index is -0.670. The highest BCUT2D eigenvalue weighted by Gasteiger charge is 2.21. The van der Waals surface area contributed by atoms with E-state index in [4.69, 9.17) is 5.11 Å². The van der Waals surface area contributed by atoms with Crippen molar-refractivity contribution in [2.24, 2.45) is 11.8 Å². The third-order valence-electron chi connectivity index (χ3n) is 6.02. The van der Waals surface area contributed by atoms with Gasteiger partial charge in [0.25, 0.3) is 0 Å². The number of anilines is 2. The molecule has 0 radical (unpaired) electrons. The average Bonchev–Trinajstić information content (AvgIpc) is 2.75. The summed E-state index contributed by atoms with van der Waals surface area (Å²) in [5.74, 6) is 0.623. The molecule has 1 unspecified atom stereocenters. The fourth-order valence-electron chi connectivity index (χ4n) is 4.03. The summed E-state index contributed by atoms with van der Waals surface area (Å²) < 4.78 is 0. The van der Waals surface area contributed by atoms with Gasteiger partial charge in [0, 0.05) is 23.8 Å². The molecule has 0 aliphatic carbocycles. The van der Waals surface area contributed by atoms with Crippen LogP contribution in [-0.2, 0) is 11.2 Å². The van der Waals surface area contributed by atoms with Crippen LogP contribution in [0.5, 0.6) is 0 Å². The molecule has 7 heteroatoms. The van der Waals surface area contributed by atoms with Gasteiger partial charge < -0.3 is 15.3 Å². The number of hydrogen-bond donors (Lipinski definition) is 2. The summed E-state index contributed by atoms with van der Waals surface area (Å²) in [7, 11) is 0. The van der Waals surface area contributed by atoms with Crippen LogP contribution in [0.3, 0.4) is 0 Å². The van der Waals surface area contributed by atoms with Gasteiger partial charge in [-0.2, -0.15) is 0 Å². The SMILES string of the molecule is CC(CCC1CCN(CCc2ccc3c(c2)Nc2nccnc2S3)CC1)C(=O)O. The van der Waals surface area contributed by atoms with E-state index < -0.39 is 5.97 Å². The normalized spacial score (nSPS) is 17.8. The van der Waals surface area contributed by atoms with Crippen molar-refractivity contribution in [2.45, 2.75) is 48.9 Å². The van der Waals surface area contributed by atoms with Crippen LogP contribution in [0.1, 0.15) is 38.2 Å². The molecule has 29 heavy (non-hydrogen) atoms. The van der Waals surface area contributed by atoms with Gasteiger partial charge in [-0.1, -0.05) is 24.8 Å². The maximum absolute atomic E-state index is 11.0. The Hall–Kier alpha value is -2.12. The van der Waals surface area contributed by atoms with Crippen LogP contribution < -0.4 is 5.32 Å². The lowest BCUT2D eigenvalue weighted by Gasteiger charge is -2.32. The highest BCUT2D eigenvalue weighted by atomic mass is 32.2. The summed E-state index contributed by atoms with van der Waals surface area (Å²) in [6.07, 6.45) is 8.69. The number of likely N-dealkylation sites (tertiary alicyclic amines) is 1. The van der Waals surface area contributed by atoms with Crippen molar-refractivity contribution < 1.29 is 9.90 Å². The van der Waals surface area contributed by atoms with E-state index in [1.54, 1.807) is 24.2 Å². The standard InChI is InChI=1S/C22H28N4O2S/c1-15(22(27)28)2-3-16-6-11-26(12-7-16)13-8-17-4-5-19-18(14-17)25-20-21(29-19)24-10-9-23-20/h4-5,9-10,14-16H,2-3,6-8,11-13H2,1H3,(H,23,25)(H,27,28). The van der Waals surface area contributed by atoms with Crippen LogP contribution in [0.15, 0.2) is 40.5 Å². The third-order valence-corrected chi connectivity index (χ3v) is 7.09. The summed E-state index contributed by atoms with van der Waals surface area (Å²) in [6.45, 7) is 5.12. The van der Waals surface area contributed by atoms with Gasteiger partial charge in [-0.15, -0.1) is 0 Å². The Balaban J connectivity index is 1.24. The first kappa shape index (κ1) is 20.2. The van der Waals surface area contributed by atoms with E-state index in [0.717, 1.165) is 55.4 Å². The monoisotopic (exact) mass is 412 g/mol. The molecular weight excluding hydrogens is 384 g/mol. The van der Waals surface area contributed by atoms with Gasteiger partial charge in [0.1, 0.15) is 5.03 Å². The molecule has 6 nitrogen and oxygen atoms in total. The van der Waals surface area contributed by atoms with E-state index in [1.807, 2.05) is 6.92 Å². The van der Waals surface area contributed by atoms with Crippen molar-refractivity contribution in [3.8, 4) is 0 Å². The molecule has 1 aromatic heterocycles. The highest BCUT2D eigenvalue weighted by Crippen LogP contribution is 2.42. The molecule has 4 rings (SSSR count). The van der Waals surface area contributed by atoms with Crippen LogP contribution in [0.4, 0.5) is 11.5 Å². The summed E-state index contributed by atoms with van der Waals surface area (Å²) in [4.78, 5) is 23.5. The number of piperidine rings is 1. The lowest BCUT2D eigenvalue weighted by Crippen LogP contribution is -2.35. The predicted molar refractivity (Wildman–Crippen MR) is 115 cm³/mol. The molecule has 1 fully saturated rings. The van der Waals surface area contributed by atoms with Crippen molar-refractivity contribution in [3.63, 3.8) is 0 Å². The van der Waals surface area contributed by atoms with Gasteiger partial charge in [0.15, 0.2) is 5.82 Å². The summed E-state index contributed by atoms with van der Waals surface area (Å²) in [5.41, 5.74) is 2.45.